The lowest BCUT2D eigenvalue weighted by Crippen LogP contribution is -1.90. The van der Waals surface area contributed by atoms with Crippen LogP contribution in [0.5, 0.6) is 17.4 Å². The van der Waals surface area contributed by atoms with E-state index >= 15 is 0 Å². The minimum Gasteiger partial charge on any atom is -0.507 e. The van der Waals surface area contributed by atoms with Crippen LogP contribution < -0.4 is 4.74 Å². The van der Waals surface area contributed by atoms with Gasteiger partial charge >= 0.3 is 0 Å². The molecule has 2 aromatic rings. The van der Waals surface area contributed by atoms with Crippen molar-refractivity contribution in [3.8, 4) is 17.4 Å². The number of phenols is 2. The number of ether oxygens (including phenoxy) is 1. The van der Waals surface area contributed by atoms with Crippen LogP contribution >= 0.6 is 0 Å². The summed E-state index contributed by atoms with van der Waals surface area (Å²) in [5.41, 5.74) is 2.01. The van der Waals surface area contributed by atoms with E-state index in [1.807, 2.05) is 26.0 Å². The lowest BCUT2D eigenvalue weighted by molar-refractivity contribution is 0.397. The molecule has 0 fully saturated rings. The van der Waals surface area contributed by atoms with Crippen molar-refractivity contribution >= 4 is 12.2 Å². The van der Waals surface area contributed by atoms with Gasteiger partial charge in [-0.2, -0.15) is 0 Å². The number of phenolic OH excluding ortho intramolecular Hbond substituents is 2. The third-order valence-corrected chi connectivity index (χ3v) is 3.14. The molecule has 0 aliphatic rings. The Morgan fingerprint density at radius 3 is 2.33 bits per heavy atom. The lowest BCUT2D eigenvalue weighted by atomic mass is 9.98. The van der Waals surface area contributed by atoms with Gasteiger partial charge in [0, 0.05) is 11.6 Å². The van der Waals surface area contributed by atoms with Gasteiger partial charge in [-0.1, -0.05) is 26.0 Å². The number of aromatic nitrogens is 1. The minimum atomic E-state index is 0.0584. The maximum absolute atomic E-state index is 9.99. The first-order valence-corrected chi connectivity index (χ1v) is 6.76. The van der Waals surface area contributed by atoms with Crippen molar-refractivity contribution in [2.75, 3.05) is 7.11 Å². The zero-order valence-corrected chi connectivity index (χ0v) is 12.4. The van der Waals surface area contributed by atoms with E-state index in [-0.39, 0.29) is 17.4 Å². The van der Waals surface area contributed by atoms with Crippen molar-refractivity contribution in [2.24, 2.45) is 0 Å². The van der Waals surface area contributed by atoms with E-state index < -0.39 is 0 Å². The van der Waals surface area contributed by atoms with E-state index in [0.29, 0.717) is 17.0 Å². The highest BCUT2D eigenvalue weighted by Gasteiger charge is 2.12. The topological polar surface area (TPSA) is 62.6 Å². The summed E-state index contributed by atoms with van der Waals surface area (Å²) in [4.78, 5) is 4.26. The van der Waals surface area contributed by atoms with E-state index in [9.17, 15) is 10.2 Å². The Bertz CT molecular complexity index is 640. The Morgan fingerprint density at radius 2 is 1.76 bits per heavy atom. The average Bonchev–Trinajstić information content (AvgIpc) is 2.44. The molecule has 0 saturated carbocycles. The fourth-order valence-electron chi connectivity index (χ4n) is 2.15. The highest BCUT2D eigenvalue weighted by Crippen LogP contribution is 2.35. The standard InChI is InChI=1S/C17H19NO3/c1-11(2)17-14(19)9-12(10-15(17)20)7-8-13-5-4-6-16(18-13)21-3/h4-11,19-20H,1-3H3. The van der Waals surface area contributed by atoms with Gasteiger partial charge < -0.3 is 14.9 Å². The Hall–Kier alpha value is -2.49. The second kappa shape index (κ2) is 6.31. The van der Waals surface area contributed by atoms with Crippen molar-refractivity contribution < 1.29 is 14.9 Å². The van der Waals surface area contributed by atoms with Crippen LogP contribution in [-0.2, 0) is 0 Å². The number of hydrogen-bond donors (Lipinski definition) is 2. The van der Waals surface area contributed by atoms with Crippen LogP contribution in [-0.4, -0.2) is 22.3 Å². The van der Waals surface area contributed by atoms with Crippen molar-refractivity contribution in [1.29, 1.82) is 0 Å². The van der Waals surface area contributed by atoms with Crippen LogP contribution in [0.1, 0.15) is 36.6 Å². The quantitative estimate of drug-likeness (QED) is 0.897. The maximum atomic E-state index is 9.99. The number of benzene rings is 1. The van der Waals surface area contributed by atoms with Crippen LogP contribution in [0, 0.1) is 0 Å². The van der Waals surface area contributed by atoms with Crippen molar-refractivity contribution in [2.45, 2.75) is 19.8 Å². The van der Waals surface area contributed by atoms with E-state index in [1.54, 1.807) is 37.5 Å². The fraction of sp³-hybridized carbons (Fsp3) is 0.235. The zero-order valence-electron chi connectivity index (χ0n) is 12.4. The third-order valence-electron chi connectivity index (χ3n) is 3.14. The molecule has 0 bridgehead atoms. The van der Waals surface area contributed by atoms with E-state index in [2.05, 4.69) is 4.98 Å². The molecule has 4 nitrogen and oxygen atoms in total. The molecule has 1 aromatic carbocycles. The predicted octanol–water partition coefficient (Wildman–Crippen LogP) is 3.80. The molecule has 21 heavy (non-hydrogen) atoms. The normalized spacial score (nSPS) is 11.2. The Labute approximate surface area is 124 Å². The molecule has 0 radical (unpaired) electrons. The first-order chi connectivity index (χ1) is 10.0. The highest BCUT2D eigenvalue weighted by atomic mass is 16.5. The number of hydrogen-bond acceptors (Lipinski definition) is 4. The Balaban J connectivity index is 2.29. The molecular formula is C17H19NO3. The molecule has 0 aliphatic carbocycles. The molecule has 1 heterocycles. The Kier molecular flexibility index (Phi) is 4.48. The van der Waals surface area contributed by atoms with Crippen LogP contribution in [0.2, 0.25) is 0 Å². The molecular weight excluding hydrogens is 266 g/mol. The van der Waals surface area contributed by atoms with Gasteiger partial charge in [-0.25, -0.2) is 4.98 Å². The molecule has 0 spiro atoms. The summed E-state index contributed by atoms with van der Waals surface area (Å²) in [6.45, 7) is 3.84. The number of aromatic hydroxyl groups is 2. The maximum Gasteiger partial charge on any atom is 0.213 e. The fourth-order valence-corrected chi connectivity index (χ4v) is 2.15. The van der Waals surface area contributed by atoms with E-state index in [4.69, 9.17) is 4.74 Å². The van der Waals surface area contributed by atoms with Crippen LogP contribution in [0.3, 0.4) is 0 Å². The number of pyridine rings is 1. The van der Waals surface area contributed by atoms with Crippen LogP contribution in [0.15, 0.2) is 30.3 Å². The molecule has 4 heteroatoms. The van der Waals surface area contributed by atoms with Gasteiger partial charge in [0.15, 0.2) is 0 Å². The molecule has 2 N–H and O–H groups in total. The van der Waals surface area contributed by atoms with Crippen molar-refractivity contribution in [3.63, 3.8) is 0 Å². The summed E-state index contributed by atoms with van der Waals surface area (Å²) < 4.78 is 5.06. The van der Waals surface area contributed by atoms with Gasteiger partial charge in [-0.15, -0.1) is 0 Å². The van der Waals surface area contributed by atoms with Gasteiger partial charge in [-0.3, -0.25) is 0 Å². The molecule has 1 aromatic heterocycles. The van der Waals surface area contributed by atoms with E-state index in [1.165, 1.54) is 0 Å². The minimum absolute atomic E-state index is 0.0584. The van der Waals surface area contributed by atoms with Crippen molar-refractivity contribution in [1.82, 2.24) is 4.98 Å². The van der Waals surface area contributed by atoms with Crippen LogP contribution in [0.25, 0.3) is 12.2 Å². The molecule has 0 saturated heterocycles. The average molecular weight is 285 g/mol. The van der Waals surface area contributed by atoms with Crippen molar-refractivity contribution in [3.05, 3.63) is 47.2 Å². The second-order valence-corrected chi connectivity index (χ2v) is 5.07. The predicted molar refractivity (Wildman–Crippen MR) is 83.6 cm³/mol. The number of methoxy groups -OCH3 is 1. The third kappa shape index (κ3) is 3.54. The summed E-state index contributed by atoms with van der Waals surface area (Å²) in [5.74, 6) is 0.799. The summed E-state index contributed by atoms with van der Waals surface area (Å²) >= 11 is 0. The molecule has 110 valence electrons. The van der Waals surface area contributed by atoms with Gasteiger partial charge in [0.25, 0.3) is 0 Å². The largest absolute Gasteiger partial charge is 0.507 e. The monoisotopic (exact) mass is 285 g/mol. The summed E-state index contributed by atoms with van der Waals surface area (Å²) in [6.07, 6.45) is 3.58. The molecule has 0 atom stereocenters. The Morgan fingerprint density at radius 1 is 1.10 bits per heavy atom. The molecule has 0 aliphatic heterocycles. The molecule has 0 unspecified atom stereocenters. The highest BCUT2D eigenvalue weighted by molar-refractivity contribution is 5.70. The molecule has 0 amide bonds. The smallest absolute Gasteiger partial charge is 0.213 e. The summed E-state index contributed by atoms with van der Waals surface area (Å²) in [7, 11) is 1.57. The van der Waals surface area contributed by atoms with Gasteiger partial charge in [0.05, 0.1) is 12.8 Å². The van der Waals surface area contributed by atoms with E-state index in [0.717, 1.165) is 5.69 Å². The SMILES string of the molecule is COc1cccc(C=Cc2cc(O)c(C(C)C)c(O)c2)n1. The molecule has 2 rings (SSSR count). The number of rotatable bonds is 4. The first-order valence-electron chi connectivity index (χ1n) is 6.76. The number of nitrogens with zero attached hydrogens (tertiary/aromatic N) is 1. The second-order valence-electron chi connectivity index (χ2n) is 5.07. The van der Waals surface area contributed by atoms with Gasteiger partial charge in [-0.05, 0) is 35.8 Å². The summed E-state index contributed by atoms with van der Waals surface area (Å²) in [6, 6.07) is 8.73. The van der Waals surface area contributed by atoms with Gasteiger partial charge in [0.1, 0.15) is 11.5 Å². The lowest BCUT2D eigenvalue weighted by Gasteiger charge is -2.11. The van der Waals surface area contributed by atoms with Crippen LogP contribution in [0.4, 0.5) is 0 Å². The summed E-state index contributed by atoms with van der Waals surface area (Å²) in [5, 5.41) is 20.0. The zero-order chi connectivity index (χ0) is 15.4. The van der Waals surface area contributed by atoms with Gasteiger partial charge in [0.2, 0.25) is 5.88 Å². The first kappa shape index (κ1) is 14.9.